The van der Waals surface area contributed by atoms with Crippen molar-refractivity contribution in [2.24, 2.45) is 0 Å². The number of carboxylic acid groups (broad SMARTS) is 1. The van der Waals surface area contributed by atoms with Gasteiger partial charge in [0.1, 0.15) is 5.69 Å². The molecule has 1 unspecified atom stereocenters. The van der Waals surface area contributed by atoms with Crippen molar-refractivity contribution in [1.82, 2.24) is 19.9 Å². The van der Waals surface area contributed by atoms with Crippen molar-refractivity contribution in [3.05, 3.63) is 26.4 Å². The number of carbonyl (C=O) groups excluding carboxylic acids is 1. The Morgan fingerprint density at radius 2 is 2.00 bits per heavy atom. The van der Waals surface area contributed by atoms with Gasteiger partial charge in [0.15, 0.2) is 11.2 Å². The molecule has 0 saturated heterocycles. The number of hydrogen-bond donors (Lipinski definition) is 3. The fourth-order valence-corrected chi connectivity index (χ4v) is 1.73. The molecule has 0 radical (unpaired) electrons. The van der Waals surface area contributed by atoms with Crippen LogP contribution in [0.25, 0.3) is 11.2 Å². The first-order chi connectivity index (χ1) is 8.93. The minimum Gasteiger partial charge on any atom is -0.549 e. The van der Waals surface area contributed by atoms with E-state index in [2.05, 4.69) is 19.9 Å². The van der Waals surface area contributed by atoms with Gasteiger partial charge in [-0.05, 0) is 6.42 Å². The Morgan fingerprint density at radius 1 is 1.32 bits per heavy atom. The molecule has 9 heteroatoms. The Hall–Kier alpha value is -2.71. The van der Waals surface area contributed by atoms with E-state index in [0.29, 0.717) is 0 Å². The van der Waals surface area contributed by atoms with Gasteiger partial charge < -0.3 is 20.6 Å². The number of hydrogen-bond acceptors (Lipinski definition) is 7. The Kier molecular flexibility index (Phi) is 3.03. The second-order valence-electron chi connectivity index (χ2n) is 3.88. The third-order valence-corrected chi connectivity index (χ3v) is 2.63. The van der Waals surface area contributed by atoms with Gasteiger partial charge in [-0.1, -0.05) is 6.92 Å². The van der Waals surface area contributed by atoms with Crippen LogP contribution >= 0.6 is 0 Å². The number of nitrogens with one attached hydrogen (secondary N) is 2. The largest absolute Gasteiger partial charge is 0.549 e. The number of fused-ring (bicyclic) bond motifs is 1. The van der Waals surface area contributed by atoms with Crippen LogP contribution < -0.4 is 22.0 Å². The minimum absolute atomic E-state index is 0.0943. The molecule has 100 valence electrons. The van der Waals surface area contributed by atoms with E-state index in [1.807, 2.05) is 0 Å². The molecule has 2 heterocycles. The molecule has 2 rings (SSSR count). The number of aromatic amines is 2. The maximum Gasteiger partial charge on any atom is 0.280 e. The van der Waals surface area contributed by atoms with Gasteiger partial charge >= 0.3 is 0 Å². The second kappa shape index (κ2) is 4.52. The summed E-state index contributed by atoms with van der Waals surface area (Å²) in [6.45, 7) is 1.57. The summed E-state index contributed by atoms with van der Waals surface area (Å²) in [5, 5.41) is 10.9. The summed E-state index contributed by atoms with van der Waals surface area (Å²) < 4.78 is 0. The molecule has 0 saturated carbocycles. The van der Waals surface area contributed by atoms with Crippen molar-refractivity contribution in [2.45, 2.75) is 19.3 Å². The maximum atomic E-state index is 11.8. The molecule has 0 bridgehead atoms. The summed E-state index contributed by atoms with van der Waals surface area (Å²) in [7, 11) is 0. The predicted octanol–water partition coefficient (Wildman–Crippen LogP) is -2.17. The number of carbonyl (C=O) groups is 1. The molecule has 0 aliphatic heterocycles. The monoisotopic (exact) mass is 264 g/mol. The van der Waals surface area contributed by atoms with E-state index in [9.17, 15) is 19.5 Å². The topological polar surface area (TPSA) is 158 Å². The van der Waals surface area contributed by atoms with E-state index >= 15 is 0 Å². The van der Waals surface area contributed by atoms with Crippen LogP contribution in [-0.2, 0) is 4.79 Å². The molecule has 0 spiro atoms. The summed E-state index contributed by atoms with van der Waals surface area (Å²) in [6, 6.07) is 0. The van der Waals surface area contributed by atoms with Crippen molar-refractivity contribution in [1.29, 1.82) is 0 Å². The zero-order valence-corrected chi connectivity index (χ0v) is 9.89. The number of anilines is 1. The highest BCUT2D eigenvalue weighted by Crippen LogP contribution is 2.13. The smallest absolute Gasteiger partial charge is 0.280 e. The summed E-state index contributed by atoms with van der Waals surface area (Å²) in [4.78, 5) is 46.3. The number of nitrogens with zero attached hydrogens (tertiary/aromatic N) is 2. The van der Waals surface area contributed by atoms with Crippen LogP contribution in [0.3, 0.4) is 0 Å². The predicted molar refractivity (Wildman–Crippen MR) is 63.2 cm³/mol. The highest BCUT2D eigenvalue weighted by Gasteiger charge is 2.18. The number of H-pyrrole nitrogens is 2. The normalized spacial score (nSPS) is 12.5. The van der Waals surface area contributed by atoms with Crippen LogP contribution in [0.15, 0.2) is 9.59 Å². The van der Waals surface area contributed by atoms with Crippen molar-refractivity contribution < 1.29 is 9.90 Å². The van der Waals surface area contributed by atoms with Gasteiger partial charge in [-0.3, -0.25) is 14.6 Å². The number of nitrogen functional groups attached to an aromatic ring is 1. The van der Waals surface area contributed by atoms with Crippen LogP contribution in [0.2, 0.25) is 0 Å². The summed E-state index contributed by atoms with van der Waals surface area (Å²) in [6.07, 6.45) is 0.115. The second-order valence-corrected chi connectivity index (χ2v) is 3.88. The first kappa shape index (κ1) is 12.7. The zero-order chi connectivity index (χ0) is 14.2. The Bertz CT molecular complexity index is 763. The number of aromatic nitrogens is 4. The van der Waals surface area contributed by atoms with Crippen LogP contribution in [0.5, 0.6) is 0 Å². The van der Waals surface area contributed by atoms with Crippen LogP contribution in [0.4, 0.5) is 5.95 Å². The van der Waals surface area contributed by atoms with Gasteiger partial charge in [-0.15, -0.1) is 0 Å². The molecule has 0 aromatic carbocycles. The van der Waals surface area contributed by atoms with Gasteiger partial charge in [0.05, 0.1) is 5.97 Å². The molecule has 2 aromatic heterocycles. The molecule has 0 fully saturated rings. The van der Waals surface area contributed by atoms with Gasteiger partial charge in [0.2, 0.25) is 5.95 Å². The lowest BCUT2D eigenvalue weighted by Crippen LogP contribution is -2.34. The lowest BCUT2D eigenvalue weighted by Gasteiger charge is -2.14. The average molecular weight is 264 g/mol. The fraction of sp³-hybridized carbons (Fsp3) is 0.300. The van der Waals surface area contributed by atoms with E-state index in [1.54, 1.807) is 6.92 Å². The average Bonchev–Trinajstić information content (AvgIpc) is 2.30. The van der Waals surface area contributed by atoms with Crippen molar-refractivity contribution in [3.8, 4) is 0 Å². The highest BCUT2D eigenvalue weighted by molar-refractivity contribution is 5.75. The van der Waals surface area contributed by atoms with Crippen molar-refractivity contribution in [3.63, 3.8) is 0 Å². The lowest BCUT2D eigenvalue weighted by atomic mass is 10.0. The lowest BCUT2D eigenvalue weighted by molar-refractivity contribution is -0.308. The van der Waals surface area contributed by atoms with Crippen LogP contribution in [-0.4, -0.2) is 25.9 Å². The first-order valence-electron chi connectivity index (χ1n) is 5.44. The van der Waals surface area contributed by atoms with Crippen LogP contribution in [0, 0.1) is 0 Å². The van der Waals surface area contributed by atoms with E-state index in [1.165, 1.54) is 0 Å². The third-order valence-electron chi connectivity index (χ3n) is 2.63. The number of carboxylic acids is 1. The summed E-state index contributed by atoms with van der Waals surface area (Å²) in [5.41, 5.74) is 3.38. The van der Waals surface area contributed by atoms with E-state index in [-0.39, 0.29) is 29.2 Å². The molecule has 19 heavy (non-hydrogen) atoms. The Morgan fingerprint density at radius 3 is 2.58 bits per heavy atom. The molecule has 0 aliphatic rings. The summed E-state index contributed by atoms with van der Waals surface area (Å²) in [5.74, 6) is -2.79. The molecule has 4 N–H and O–H groups in total. The molecular weight excluding hydrogens is 254 g/mol. The molecule has 0 amide bonds. The van der Waals surface area contributed by atoms with Crippen molar-refractivity contribution >= 4 is 23.1 Å². The number of aliphatic carboxylic acids is 1. The van der Waals surface area contributed by atoms with E-state index < -0.39 is 23.0 Å². The Balaban J connectivity index is 2.78. The Labute approximate surface area is 105 Å². The van der Waals surface area contributed by atoms with E-state index in [0.717, 1.165) is 0 Å². The molecule has 0 aliphatic carbocycles. The molecular formula is C10H10N5O4-. The van der Waals surface area contributed by atoms with Gasteiger partial charge in [-0.25, -0.2) is 4.98 Å². The number of nitrogens with two attached hydrogens (primary N) is 1. The third kappa shape index (κ3) is 2.17. The molecule has 1 atom stereocenters. The van der Waals surface area contributed by atoms with Crippen molar-refractivity contribution in [2.75, 3.05) is 5.73 Å². The zero-order valence-electron chi connectivity index (χ0n) is 9.89. The van der Waals surface area contributed by atoms with Gasteiger partial charge in [0.25, 0.3) is 11.1 Å². The van der Waals surface area contributed by atoms with Gasteiger partial charge in [0, 0.05) is 5.92 Å². The number of rotatable bonds is 3. The maximum absolute atomic E-state index is 11.8. The SMILES string of the molecule is CCC(C(=O)[O-])c1nc2c(=O)[nH]c(N)nc2[nH]c1=O. The van der Waals surface area contributed by atoms with Crippen LogP contribution in [0.1, 0.15) is 25.0 Å². The highest BCUT2D eigenvalue weighted by atomic mass is 16.4. The standard InChI is InChI=1S/C10H11N5O4/c1-2-3(9(18)19)4-7(16)13-6-5(12-4)8(17)15-10(11)14-6/h3H,2H2,1H3,(H,18,19)(H4,11,13,14,15,16,17)/p-1. The minimum atomic E-state index is -1.43. The molecule has 9 nitrogen and oxygen atoms in total. The first-order valence-corrected chi connectivity index (χ1v) is 5.44. The quantitative estimate of drug-likeness (QED) is 0.569. The fourth-order valence-electron chi connectivity index (χ4n) is 1.73. The summed E-state index contributed by atoms with van der Waals surface area (Å²) >= 11 is 0. The van der Waals surface area contributed by atoms with Gasteiger partial charge in [-0.2, -0.15) is 4.98 Å². The molecule has 2 aromatic rings. The van der Waals surface area contributed by atoms with E-state index in [4.69, 9.17) is 5.73 Å².